The average molecular weight is 706 g/mol. The van der Waals surface area contributed by atoms with Crippen molar-refractivity contribution in [3.63, 3.8) is 0 Å². The Bertz CT molecular complexity index is 1500. The van der Waals surface area contributed by atoms with Gasteiger partial charge in [-0.25, -0.2) is 29.1 Å². The van der Waals surface area contributed by atoms with Gasteiger partial charge in [-0.1, -0.05) is 0 Å². The first-order valence-corrected chi connectivity index (χ1v) is 17.5. The molecule has 5 rings (SSSR count). The van der Waals surface area contributed by atoms with E-state index < -0.39 is 93.4 Å². The van der Waals surface area contributed by atoms with Crippen molar-refractivity contribution in [1.82, 2.24) is 29.7 Å². The number of ether oxygens (including phenoxy) is 5. The number of aliphatic hydroxyl groups is 3. The predicted molar refractivity (Wildman–Crippen MR) is 160 cm³/mol. The molecule has 260 valence electrons. The number of carbonyl (C=O) groups excluding carboxylic acids is 2. The molecule has 2 aromatic rings. The number of hydrogen-bond donors (Lipinski definition) is 5. The number of urea groups is 1. The summed E-state index contributed by atoms with van der Waals surface area (Å²) in [6.45, 7) is -2.21. The van der Waals surface area contributed by atoms with Crippen LogP contribution in [-0.2, 0) is 37.3 Å². The van der Waals surface area contributed by atoms with E-state index in [1.165, 1.54) is 32.0 Å². The highest BCUT2D eigenvalue weighted by Gasteiger charge is 2.53. The van der Waals surface area contributed by atoms with E-state index >= 15 is 0 Å². The molecule has 6 N–H and O–H groups in total. The van der Waals surface area contributed by atoms with Gasteiger partial charge in [-0.15, -0.1) is 0 Å². The fourth-order valence-corrected chi connectivity index (χ4v) is 7.83. The quantitative estimate of drug-likeness (QED) is 0.107. The molecule has 2 unspecified atom stereocenters. The summed E-state index contributed by atoms with van der Waals surface area (Å²) in [5.41, 5.74) is 6.62. The van der Waals surface area contributed by atoms with Crippen LogP contribution in [0.4, 0.5) is 15.4 Å². The van der Waals surface area contributed by atoms with Crippen molar-refractivity contribution in [2.24, 2.45) is 0 Å². The fourth-order valence-electron chi connectivity index (χ4n) is 5.04. The number of nitrogens with two attached hydrogens (primary N) is 1. The van der Waals surface area contributed by atoms with Gasteiger partial charge in [-0.3, -0.25) is 18.5 Å². The molecule has 0 aliphatic carbocycles. The molecule has 0 bridgehead atoms. The Morgan fingerprint density at radius 3 is 2.72 bits per heavy atom. The highest BCUT2D eigenvalue weighted by Crippen LogP contribution is 2.63. The van der Waals surface area contributed by atoms with E-state index in [2.05, 4.69) is 20.3 Å². The van der Waals surface area contributed by atoms with Crippen molar-refractivity contribution in [2.75, 3.05) is 32.0 Å². The molecule has 0 spiro atoms. The van der Waals surface area contributed by atoms with E-state index in [1.807, 2.05) is 0 Å². The summed E-state index contributed by atoms with van der Waals surface area (Å²) in [6.07, 6.45) is -4.91. The van der Waals surface area contributed by atoms with E-state index in [1.54, 1.807) is 18.4 Å². The zero-order valence-corrected chi connectivity index (χ0v) is 27.1. The topological polar surface area (TPSA) is 261 Å². The number of anilines is 1. The molecule has 22 heteroatoms. The standard InChI is InChI=1S/C25H36N7O13PS/c1-12(2)42-25(37)40-11-47-46(38,45-19-14(7-33)44-23(20(19)39-3)31-5-4-16(35)30-24(31)36)41-8-15-13(34)6-17(43-15)32-10-29-18-21(26)27-9-28-22(18)32/h4-5,9-10,12-17,19-20,23,33-35H,6-8,11H2,1-3H3,(H,30,36)(H2,26,27,28)/t13-,14-,15-,16?,17-,19?,20+,23-,46-/m1/s1. The molecule has 47 heavy (non-hydrogen) atoms. The molecular weight excluding hydrogens is 669 g/mol. The van der Waals surface area contributed by atoms with Gasteiger partial charge in [0.1, 0.15) is 48.7 Å². The normalized spacial score (nSPS) is 30.5. The number of nitrogens with zero attached hydrogens (tertiary/aromatic N) is 5. The third-order valence-electron chi connectivity index (χ3n) is 7.22. The molecule has 0 saturated carbocycles. The maximum atomic E-state index is 14.2. The Morgan fingerprint density at radius 1 is 1.23 bits per heavy atom. The van der Waals surface area contributed by atoms with Crippen LogP contribution in [0, 0.1) is 0 Å². The van der Waals surface area contributed by atoms with E-state index in [0.717, 1.165) is 4.90 Å². The summed E-state index contributed by atoms with van der Waals surface area (Å²) in [5.74, 6) is -0.361. The summed E-state index contributed by atoms with van der Waals surface area (Å²) in [6, 6.07) is -0.725. The number of methoxy groups -OCH3 is 1. The zero-order chi connectivity index (χ0) is 33.9. The Kier molecular flexibility index (Phi) is 11.2. The van der Waals surface area contributed by atoms with Gasteiger partial charge in [0.05, 0.1) is 31.7 Å². The number of carbonyl (C=O) groups is 2. The average Bonchev–Trinajstić information content (AvgIpc) is 3.71. The lowest BCUT2D eigenvalue weighted by Gasteiger charge is -2.33. The zero-order valence-electron chi connectivity index (χ0n) is 25.4. The minimum absolute atomic E-state index is 0.0996. The SMILES string of the molecule is CO[C@H]1C(O[P@@](=O)(OC[C@H]2O[C@@H](n3cnc4c(N)ncnc43)C[C@H]2O)SCOC(=O)OC(C)C)[C@@H](CO)O[C@H]1N1C=CC(O)NC1=O. The van der Waals surface area contributed by atoms with Gasteiger partial charge in [0.25, 0.3) is 0 Å². The van der Waals surface area contributed by atoms with Crippen LogP contribution in [0.3, 0.4) is 0 Å². The number of rotatable bonds is 13. The molecule has 0 radical (unpaired) electrons. The van der Waals surface area contributed by atoms with Gasteiger partial charge in [0, 0.05) is 31.1 Å². The van der Waals surface area contributed by atoms with Gasteiger partial charge in [0.15, 0.2) is 23.6 Å². The Morgan fingerprint density at radius 2 is 2.02 bits per heavy atom. The van der Waals surface area contributed by atoms with E-state index in [-0.39, 0.29) is 12.2 Å². The van der Waals surface area contributed by atoms with Crippen molar-refractivity contribution in [3.8, 4) is 0 Å². The molecule has 2 amide bonds. The number of imidazole rings is 1. The van der Waals surface area contributed by atoms with E-state index in [9.17, 15) is 29.5 Å². The summed E-state index contributed by atoms with van der Waals surface area (Å²) >= 11 is 0.488. The second kappa shape index (κ2) is 15.0. The molecule has 3 aliphatic heterocycles. The minimum atomic E-state index is -4.37. The number of aliphatic hydroxyl groups excluding tert-OH is 3. The number of aromatic nitrogens is 4. The lowest BCUT2D eigenvalue weighted by atomic mass is 10.1. The smallest absolute Gasteiger partial charge is 0.432 e. The maximum absolute atomic E-state index is 14.2. The first kappa shape index (κ1) is 35.2. The minimum Gasteiger partial charge on any atom is -0.432 e. The van der Waals surface area contributed by atoms with Crippen LogP contribution in [0.25, 0.3) is 11.2 Å². The number of nitrogens with one attached hydrogen (secondary N) is 1. The number of fused-ring (bicyclic) bond motifs is 1. The van der Waals surface area contributed by atoms with Crippen LogP contribution in [0.5, 0.6) is 0 Å². The van der Waals surface area contributed by atoms with Gasteiger partial charge in [0.2, 0.25) is 0 Å². The molecule has 3 aliphatic rings. The van der Waals surface area contributed by atoms with Crippen LogP contribution >= 0.6 is 18.2 Å². The fraction of sp³-hybridized carbons (Fsp3) is 0.640. The highest BCUT2D eigenvalue weighted by atomic mass is 32.7. The molecule has 2 saturated heterocycles. The third-order valence-corrected chi connectivity index (χ3v) is 10.6. The largest absolute Gasteiger partial charge is 0.509 e. The van der Waals surface area contributed by atoms with Crippen molar-refractivity contribution in [3.05, 3.63) is 24.9 Å². The van der Waals surface area contributed by atoms with Crippen LogP contribution in [0.2, 0.25) is 0 Å². The Balaban J connectivity index is 1.32. The number of amides is 2. The molecule has 5 heterocycles. The van der Waals surface area contributed by atoms with Crippen LogP contribution in [0.15, 0.2) is 24.9 Å². The van der Waals surface area contributed by atoms with Crippen LogP contribution < -0.4 is 11.1 Å². The molecule has 0 aromatic carbocycles. The third kappa shape index (κ3) is 7.96. The van der Waals surface area contributed by atoms with E-state index in [0.29, 0.717) is 22.5 Å². The van der Waals surface area contributed by atoms with Crippen molar-refractivity contribution in [2.45, 2.75) is 75.6 Å². The second-order valence-corrected chi connectivity index (χ2v) is 14.7. The van der Waals surface area contributed by atoms with Crippen molar-refractivity contribution < 1.29 is 62.2 Å². The summed E-state index contributed by atoms with van der Waals surface area (Å²) in [4.78, 5) is 37.9. The first-order chi connectivity index (χ1) is 22.4. The number of nitrogen functional groups attached to an aromatic ring is 1. The number of hydrogen-bond acceptors (Lipinski definition) is 18. The summed E-state index contributed by atoms with van der Waals surface area (Å²) < 4.78 is 54.9. The molecule has 2 aromatic heterocycles. The highest BCUT2D eigenvalue weighted by molar-refractivity contribution is 8.55. The Hall–Kier alpha value is -3.11. The summed E-state index contributed by atoms with van der Waals surface area (Å²) in [7, 11) is 1.29. The lowest BCUT2D eigenvalue weighted by molar-refractivity contribution is -0.0751. The second-order valence-electron chi connectivity index (χ2n) is 10.7. The molecule has 9 atom stereocenters. The Labute approximate surface area is 271 Å². The lowest BCUT2D eigenvalue weighted by Crippen LogP contribution is -2.53. The van der Waals surface area contributed by atoms with Crippen molar-refractivity contribution >= 4 is 47.3 Å². The van der Waals surface area contributed by atoms with Crippen molar-refractivity contribution in [1.29, 1.82) is 0 Å². The van der Waals surface area contributed by atoms with Gasteiger partial charge < -0.3 is 50.1 Å². The molecule has 2 fully saturated rings. The first-order valence-electron chi connectivity index (χ1n) is 14.3. The van der Waals surface area contributed by atoms with Gasteiger partial charge in [-0.05, 0) is 19.9 Å². The van der Waals surface area contributed by atoms with Crippen LogP contribution in [-0.4, -0.2) is 127 Å². The monoisotopic (exact) mass is 705 g/mol. The van der Waals surface area contributed by atoms with Gasteiger partial charge >= 0.3 is 19.0 Å². The van der Waals surface area contributed by atoms with E-state index in [4.69, 9.17) is 38.5 Å². The maximum Gasteiger partial charge on any atom is 0.509 e. The van der Waals surface area contributed by atoms with Crippen LogP contribution in [0.1, 0.15) is 26.5 Å². The van der Waals surface area contributed by atoms with Gasteiger partial charge in [-0.2, -0.15) is 0 Å². The molecular formula is C25H36N7O13PS. The summed E-state index contributed by atoms with van der Waals surface area (Å²) in [5, 5.41) is 32.9. The predicted octanol–water partition coefficient (Wildman–Crippen LogP) is 0.409. The molecule has 20 nitrogen and oxygen atoms in total.